The molecule has 2 aromatic heterocycles. The second kappa shape index (κ2) is 6.37. The van der Waals surface area contributed by atoms with E-state index in [4.69, 9.17) is 5.73 Å². The van der Waals surface area contributed by atoms with E-state index in [2.05, 4.69) is 20.7 Å². The molecule has 0 atom stereocenters. The van der Waals surface area contributed by atoms with E-state index in [1.807, 2.05) is 20.0 Å². The third kappa shape index (κ3) is 3.34. The average molecular weight is 314 g/mol. The number of nitrogen functional groups attached to an aromatic ring is 1. The van der Waals surface area contributed by atoms with Gasteiger partial charge >= 0.3 is 0 Å². The fraction of sp³-hybridized carbons (Fsp3) is 0.438. The number of aryl methyl sites for hydroxylation is 2. The minimum atomic E-state index is -0.106. The lowest BCUT2D eigenvalue weighted by Crippen LogP contribution is -2.31. The predicted octanol–water partition coefficient (Wildman–Crippen LogP) is 0.439. The molecule has 0 aromatic carbocycles. The van der Waals surface area contributed by atoms with E-state index in [-0.39, 0.29) is 12.5 Å². The first kappa shape index (κ1) is 15.5. The van der Waals surface area contributed by atoms with Crippen molar-refractivity contribution in [1.29, 1.82) is 0 Å². The number of carbonyl (C=O) groups is 1. The number of amides is 1. The van der Waals surface area contributed by atoms with Crippen molar-refractivity contribution in [2.45, 2.75) is 39.9 Å². The standard InChI is InChI=1S/C16H22N6O/c1-10-5-15(17)22(21-10)9-16(23)20-8-14-11(2)19-7-12-6-18-4-3-13(12)14/h5,7,18H,3-4,6,8-9,17H2,1-2H3,(H,20,23). The van der Waals surface area contributed by atoms with Gasteiger partial charge in [-0.15, -0.1) is 0 Å². The number of rotatable bonds is 4. The Bertz CT molecular complexity index is 736. The minimum Gasteiger partial charge on any atom is -0.384 e. The molecule has 3 rings (SSSR count). The molecule has 2 aromatic rings. The molecule has 0 saturated heterocycles. The van der Waals surface area contributed by atoms with Gasteiger partial charge in [0, 0.05) is 31.0 Å². The third-order valence-corrected chi connectivity index (χ3v) is 4.16. The lowest BCUT2D eigenvalue weighted by Gasteiger charge is -2.21. The van der Waals surface area contributed by atoms with E-state index in [0.29, 0.717) is 12.4 Å². The van der Waals surface area contributed by atoms with E-state index >= 15 is 0 Å². The van der Waals surface area contributed by atoms with Crippen LogP contribution in [0, 0.1) is 13.8 Å². The number of nitrogens with zero attached hydrogens (tertiary/aromatic N) is 3. The van der Waals surface area contributed by atoms with Crippen molar-refractivity contribution in [3.8, 4) is 0 Å². The summed E-state index contributed by atoms with van der Waals surface area (Å²) >= 11 is 0. The highest BCUT2D eigenvalue weighted by molar-refractivity contribution is 5.76. The zero-order chi connectivity index (χ0) is 16.4. The number of hydrogen-bond acceptors (Lipinski definition) is 5. The van der Waals surface area contributed by atoms with Crippen molar-refractivity contribution in [2.24, 2.45) is 0 Å². The maximum atomic E-state index is 12.2. The molecule has 4 N–H and O–H groups in total. The van der Waals surface area contributed by atoms with E-state index in [1.165, 1.54) is 15.8 Å². The molecular formula is C16H22N6O. The summed E-state index contributed by atoms with van der Waals surface area (Å²) in [7, 11) is 0. The van der Waals surface area contributed by atoms with Crippen LogP contribution in [0.15, 0.2) is 12.3 Å². The second-order valence-electron chi connectivity index (χ2n) is 5.90. The van der Waals surface area contributed by atoms with Gasteiger partial charge < -0.3 is 16.4 Å². The summed E-state index contributed by atoms with van der Waals surface area (Å²) in [5, 5.41) is 10.5. The Morgan fingerprint density at radius 2 is 2.30 bits per heavy atom. The smallest absolute Gasteiger partial charge is 0.242 e. The van der Waals surface area contributed by atoms with Gasteiger partial charge in [-0.05, 0) is 43.5 Å². The number of pyridine rings is 1. The molecule has 3 heterocycles. The predicted molar refractivity (Wildman–Crippen MR) is 87.6 cm³/mol. The quantitative estimate of drug-likeness (QED) is 0.761. The van der Waals surface area contributed by atoms with Crippen LogP contribution in [0.1, 0.15) is 28.1 Å². The number of fused-ring (bicyclic) bond motifs is 1. The van der Waals surface area contributed by atoms with Crippen molar-refractivity contribution in [3.05, 3.63) is 40.3 Å². The molecule has 0 radical (unpaired) electrons. The molecule has 0 aliphatic carbocycles. The van der Waals surface area contributed by atoms with Crippen LogP contribution in [0.3, 0.4) is 0 Å². The summed E-state index contributed by atoms with van der Waals surface area (Å²) in [6, 6.07) is 1.75. The lowest BCUT2D eigenvalue weighted by atomic mass is 9.96. The lowest BCUT2D eigenvalue weighted by molar-refractivity contribution is -0.122. The zero-order valence-electron chi connectivity index (χ0n) is 13.5. The third-order valence-electron chi connectivity index (χ3n) is 4.16. The maximum absolute atomic E-state index is 12.2. The summed E-state index contributed by atoms with van der Waals surface area (Å²) in [6.45, 7) is 6.25. The summed E-state index contributed by atoms with van der Waals surface area (Å²) in [5.41, 5.74) is 11.3. The van der Waals surface area contributed by atoms with Crippen LogP contribution in [0.5, 0.6) is 0 Å². The summed E-state index contributed by atoms with van der Waals surface area (Å²) in [4.78, 5) is 16.6. The zero-order valence-corrected chi connectivity index (χ0v) is 13.5. The maximum Gasteiger partial charge on any atom is 0.242 e. The fourth-order valence-corrected chi connectivity index (χ4v) is 2.95. The summed E-state index contributed by atoms with van der Waals surface area (Å²) < 4.78 is 1.51. The number of nitrogens with two attached hydrogens (primary N) is 1. The molecule has 23 heavy (non-hydrogen) atoms. The van der Waals surface area contributed by atoms with Crippen LogP contribution in [0.4, 0.5) is 5.82 Å². The van der Waals surface area contributed by atoms with Crippen molar-refractivity contribution < 1.29 is 4.79 Å². The summed E-state index contributed by atoms with van der Waals surface area (Å²) in [6.07, 6.45) is 2.89. The molecule has 1 aliphatic rings. The Morgan fingerprint density at radius 3 is 3.04 bits per heavy atom. The first-order chi connectivity index (χ1) is 11.0. The van der Waals surface area contributed by atoms with Crippen LogP contribution in [0.2, 0.25) is 0 Å². The van der Waals surface area contributed by atoms with E-state index < -0.39 is 0 Å². The SMILES string of the molecule is Cc1cc(N)n(CC(=O)NCc2c(C)ncc3c2CCNC3)n1. The fourth-order valence-electron chi connectivity index (χ4n) is 2.95. The highest BCUT2D eigenvalue weighted by Gasteiger charge is 2.16. The molecule has 122 valence electrons. The molecule has 1 aliphatic heterocycles. The molecule has 7 nitrogen and oxygen atoms in total. The average Bonchev–Trinajstić information content (AvgIpc) is 2.84. The normalized spacial score (nSPS) is 13.7. The number of hydrogen-bond donors (Lipinski definition) is 3. The Balaban J connectivity index is 1.68. The van der Waals surface area contributed by atoms with Crippen molar-refractivity contribution >= 4 is 11.7 Å². The van der Waals surface area contributed by atoms with Crippen LogP contribution in [-0.2, 0) is 30.8 Å². The Hall–Kier alpha value is -2.41. The Morgan fingerprint density at radius 1 is 1.48 bits per heavy atom. The molecule has 0 bridgehead atoms. The molecule has 0 spiro atoms. The minimum absolute atomic E-state index is 0.106. The first-order valence-electron chi connectivity index (χ1n) is 7.78. The van der Waals surface area contributed by atoms with Crippen LogP contribution < -0.4 is 16.4 Å². The second-order valence-corrected chi connectivity index (χ2v) is 5.90. The van der Waals surface area contributed by atoms with Gasteiger partial charge in [-0.3, -0.25) is 9.78 Å². The number of aromatic nitrogens is 3. The highest BCUT2D eigenvalue weighted by Crippen LogP contribution is 2.20. The Labute approximate surface area is 135 Å². The molecule has 0 saturated carbocycles. The molecule has 0 unspecified atom stereocenters. The highest BCUT2D eigenvalue weighted by atomic mass is 16.2. The van der Waals surface area contributed by atoms with Gasteiger partial charge in [0.25, 0.3) is 0 Å². The largest absolute Gasteiger partial charge is 0.384 e. The molecule has 1 amide bonds. The van der Waals surface area contributed by atoms with Gasteiger partial charge in [0.15, 0.2) is 0 Å². The topological polar surface area (TPSA) is 97.9 Å². The van der Waals surface area contributed by atoms with Gasteiger partial charge in [-0.1, -0.05) is 0 Å². The van der Waals surface area contributed by atoms with Gasteiger partial charge in [0.1, 0.15) is 12.4 Å². The van der Waals surface area contributed by atoms with Crippen LogP contribution in [0.25, 0.3) is 0 Å². The van der Waals surface area contributed by atoms with Crippen molar-refractivity contribution in [2.75, 3.05) is 12.3 Å². The number of anilines is 1. The van der Waals surface area contributed by atoms with Gasteiger partial charge in [0.05, 0.1) is 5.69 Å². The number of carbonyl (C=O) groups excluding carboxylic acids is 1. The molecule has 0 fully saturated rings. The van der Waals surface area contributed by atoms with Crippen LogP contribution >= 0.6 is 0 Å². The van der Waals surface area contributed by atoms with Crippen molar-refractivity contribution in [1.82, 2.24) is 25.4 Å². The van der Waals surface area contributed by atoms with Gasteiger partial charge in [-0.25, -0.2) is 4.68 Å². The van der Waals surface area contributed by atoms with Crippen LogP contribution in [-0.4, -0.2) is 27.2 Å². The molecular weight excluding hydrogens is 292 g/mol. The summed E-state index contributed by atoms with van der Waals surface area (Å²) in [5.74, 6) is 0.393. The van der Waals surface area contributed by atoms with E-state index in [1.54, 1.807) is 6.07 Å². The molecule has 7 heteroatoms. The monoisotopic (exact) mass is 314 g/mol. The van der Waals surface area contributed by atoms with Gasteiger partial charge in [0.2, 0.25) is 5.91 Å². The van der Waals surface area contributed by atoms with E-state index in [9.17, 15) is 4.79 Å². The van der Waals surface area contributed by atoms with E-state index in [0.717, 1.165) is 36.5 Å². The Kier molecular flexibility index (Phi) is 4.29. The van der Waals surface area contributed by atoms with Gasteiger partial charge in [-0.2, -0.15) is 5.10 Å². The van der Waals surface area contributed by atoms with Crippen molar-refractivity contribution in [3.63, 3.8) is 0 Å². The first-order valence-corrected chi connectivity index (χ1v) is 7.78. The number of nitrogens with one attached hydrogen (secondary N) is 2.